The van der Waals surface area contributed by atoms with Crippen molar-refractivity contribution in [1.82, 2.24) is 9.55 Å². The Morgan fingerprint density at radius 1 is 1.28 bits per heavy atom. The number of hydrogen-bond acceptors (Lipinski definition) is 2. The number of aromatic nitrogens is 2. The van der Waals surface area contributed by atoms with Gasteiger partial charge in [-0.15, -0.1) is 0 Å². The van der Waals surface area contributed by atoms with Crippen LogP contribution in [0.4, 0.5) is 8.78 Å². The molecular weight excluding hydrogens is 236 g/mol. The maximum absolute atomic E-state index is 14.1. The zero-order valence-electron chi connectivity index (χ0n) is 11.0. The van der Waals surface area contributed by atoms with Gasteiger partial charge in [-0.2, -0.15) is 8.78 Å². The number of aryl methyl sites for hydroxylation is 2. The lowest BCUT2D eigenvalue weighted by atomic mass is 9.91. The number of fused-ring (bicyclic) bond motifs is 1. The number of hydrogen-bond donors (Lipinski definition) is 1. The van der Waals surface area contributed by atoms with Gasteiger partial charge in [0.25, 0.3) is 5.92 Å². The van der Waals surface area contributed by atoms with E-state index in [0.717, 1.165) is 11.3 Å². The van der Waals surface area contributed by atoms with E-state index in [1.165, 1.54) is 26.0 Å². The van der Waals surface area contributed by atoms with Crippen LogP contribution in [0.3, 0.4) is 0 Å². The maximum Gasteiger partial charge on any atom is 0.290 e. The van der Waals surface area contributed by atoms with Gasteiger partial charge in [-0.3, -0.25) is 0 Å². The molecule has 1 aromatic carbocycles. The quantitative estimate of drug-likeness (QED) is 0.894. The summed E-state index contributed by atoms with van der Waals surface area (Å²) < 4.78 is 30.1. The molecule has 98 valence electrons. The molecule has 0 aliphatic heterocycles. The first kappa shape index (κ1) is 13.0. The first-order chi connectivity index (χ1) is 8.14. The van der Waals surface area contributed by atoms with Crippen LogP contribution in [0, 0.1) is 6.92 Å². The predicted molar refractivity (Wildman–Crippen MR) is 67.6 cm³/mol. The topological polar surface area (TPSA) is 43.8 Å². The van der Waals surface area contributed by atoms with Crippen LogP contribution in [0.2, 0.25) is 0 Å². The van der Waals surface area contributed by atoms with Gasteiger partial charge in [-0.05, 0) is 32.9 Å². The summed E-state index contributed by atoms with van der Waals surface area (Å²) in [6.07, 6.45) is 0. The molecule has 0 saturated carbocycles. The molecule has 3 nitrogen and oxygen atoms in total. The average molecular weight is 253 g/mol. The van der Waals surface area contributed by atoms with Gasteiger partial charge in [0.2, 0.25) is 0 Å². The molecule has 0 aliphatic carbocycles. The van der Waals surface area contributed by atoms with Gasteiger partial charge in [-0.25, -0.2) is 4.98 Å². The molecule has 2 N–H and O–H groups in total. The number of halogens is 2. The van der Waals surface area contributed by atoms with E-state index in [2.05, 4.69) is 4.98 Å². The third-order valence-electron chi connectivity index (χ3n) is 3.28. The van der Waals surface area contributed by atoms with Crippen LogP contribution in [0.1, 0.15) is 25.2 Å². The van der Waals surface area contributed by atoms with E-state index in [1.54, 1.807) is 6.07 Å². The maximum atomic E-state index is 14.1. The minimum atomic E-state index is -3.09. The number of imidazole rings is 1. The molecule has 1 aromatic heterocycles. The van der Waals surface area contributed by atoms with Gasteiger partial charge in [0.05, 0.1) is 16.6 Å². The first-order valence-electron chi connectivity index (χ1n) is 5.75. The van der Waals surface area contributed by atoms with Crippen LogP contribution in [-0.4, -0.2) is 15.1 Å². The van der Waals surface area contributed by atoms with Crippen LogP contribution >= 0.6 is 0 Å². The zero-order valence-corrected chi connectivity index (χ0v) is 11.0. The van der Waals surface area contributed by atoms with E-state index in [1.807, 2.05) is 18.5 Å². The summed E-state index contributed by atoms with van der Waals surface area (Å²) in [6, 6.07) is 4.49. The Hall–Kier alpha value is -1.49. The Morgan fingerprint density at radius 2 is 1.89 bits per heavy atom. The van der Waals surface area contributed by atoms with Gasteiger partial charge in [0.1, 0.15) is 5.82 Å². The summed E-state index contributed by atoms with van der Waals surface area (Å²) in [5.74, 6) is -2.30. The SMILES string of the molecule is Cc1nc2cc(C(F)(F)C(C)(C)N)ccc2n1C. The summed E-state index contributed by atoms with van der Waals surface area (Å²) in [5.41, 5.74) is 5.25. The van der Waals surface area contributed by atoms with E-state index in [4.69, 9.17) is 5.73 Å². The molecule has 2 rings (SSSR count). The van der Waals surface area contributed by atoms with Gasteiger partial charge < -0.3 is 10.3 Å². The highest BCUT2D eigenvalue weighted by Gasteiger charge is 2.45. The van der Waals surface area contributed by atoms with Crippen LogP contribution in [0.25, 0.3) is 11.0 Å². The highest BCUT2D eigenvalue weighted by atomic mass is 19.3. The monoisotopic (exact) mass is 253 g/mol. The third kappa shape index (κ3) is 1.79. The van der Waals surface area contributed by atoms with Crippen molar-refractivity contribution in [3.8, 4) is 0 Å². The van der Waals surface area contributed by atoms with Crippen molar-refractivity contribution in [2.24, 2.45) is 12.8 Å². The Labute approximate surface area is 105 Å². The fourth-order valence-electron chi connectivity index (χ4n) is 1.89. The molecule has 0 saturated heterocycles. The molecule has 2 aromatic rings. The lowest BCUT2D eigenvalue weighted by Crippen LogP contribution is -2.48. The van der Waals surface area contributed by atoms with Gasteiger partial charge >= 0.3 is 0 Å². The summed E-state index contributed by atoms with van der Waals surface area (Å²) in [6.45, 7) is 4.48. The molecule has 0 aliphatic rings. The molecule has 1 heterocycles. The van der Waals surface area contributed by atoms with Crippen LogP contribution in [0.5, 0.6) is 0 Å². The van der Waals surface area contributed by atoms with E-state index >= 15 is 0 Å². The molecule has 5 heteroatoms. The van der Waals surface area contributed by atoms with Crippen molar-refractivity contribution in [2.45, 2.75) is 32.2 Å². The second-order valence-corrected chi connectivity index (χ2v) is 5.22. The Kier molecular flexibility index (Phi) is 2.70. The summed E-state index contributed by atoms with van der Waals surface area (Å²) in [7, 11) is 1.86. The van der Waals surface area contributed by atoms with Gasteiger partial charge in [-0.1, -0.05) is 6.07 Å². The van der Waals surface area contributed by atoms with E-state index in [0.29, 0.717) is 5.52 Å². The predicted octanol–water partition coefficient (Wildman–Crippen LogP) is 2.71. The largest absolute Gasteiger partial charge is 0.331 e. The fourth-order valence-corrected chi connectivity index (χ4v) is 1.89. The summed E-state index contributed by atoms with van der Waals surface area (Å²) in [5, 5.41) is 0. The highest BCUT2D eigenvalue weighted by molar-refractivity contribution is 5.77. The minimum absolute atomic E-state index is 0.0967. The molecule has 0 spiro atoms. The normalized spacial score (nSPS) is 13.3. The van der Waals surface area contributed by atoms with E-state index in [-0.39, 0.29) is 5.56 Å². The van der Waals surface area contributed by atoms with Crippen molar-refractivity contribution in [2.75, 3.05) is 0 Å². The Bertz CT molecular complexity index is 594. The van der Waals surface area contributed by atoms with Crippen molar-refractivity contribution < 1.29 is 8.78 Å². The van der Waals surface area contributed by atoms with Crippen LogP contribution in [0.15, 0.2) is 18.2 Å². The lowest BCUT2D eigenvalue weighted by Gasteiger charge is -2.30. The van der Waals surface area contributed by atoms with Gasteiger partial charge in [0, 0.05) is 12.6 Å². The molecule has 0 amide bonds. The third-order valence-corrected chi connectivity index (χ3v) is 3.28. The molecule has 18 heavy (non-hydrogen) atoms. The lowest BCUT2D eigenvalue weighted by molar-refractivity contribution is -0.0671. The van der Waals surface area contributed by atoms with Crippen molar-refractivity contribution in [3.63, 3.8) is 0 Å². The number of benzene rings is 1. The van der Waals surface area contributed by atoms with Crippen molar-refractivity contribution in [3.05, 3.63) is 29.6 Å². The molecule has 0 fully saturated rings. The fraction of sp³-hybridized carbons (Fsp3) is 0.462. The number of rotatable bonds is 2. The van der Waals surface area contributed by atoms with Crippen molar-refractivity contribution >= 4 is 11.0 Å². The smallest absolute Gasteiger partial charge is 0.290 e. The van der Waals surface area contributed by atoms with Gasteiger partial charge in [0.15, 0.2) is 0 Å². The van der Waals surface area contributed by atoms with E-state index < -0.39 is 11.5 Å². The molecular formula is C13H17F2N3. The standard InChI is InChI=1S/C13H17F2N3/c1-8-17-10-7-9(5-6-11(10)18(8)4)13(14,15)12(2,3)16/h5-7H,16H2,1-4H3. The average Bonchev–Trinajstić information content (AvgIpc) is 2.53. The Morgan fingerprint density at radius 3 is 2.44 bits per heavy atom. The molecule has 0 bridgehead atoms. The number of nitrogens with two attached hydrogens (primary N) is 1. The minimum Gasteiger partial charge on any atom is -0.331 e. The first-order valence-corrected chi connectivity index (χ1v) is 5.75. The summed E-state index contributed by atoms with van der Waals surface area (Å²) >= 11 is 0. The number of nitrogens with zero attached hydrogens (tertiary/aromatic N) is 2. The second kappa shape index (κ2) is 3.75. The van der Waals surface area contributed by atoms with Crippen LogP contribution in [-0.2, 0) is 13.0 Å². The number of alkyl halides is 2. The molecule has 0 atom stereocenters. The summed E-state index contributed by atoms with van der Waals surface area (Å²) in [4.78, 5) is 4.26. The molecule has 0 unspecified atom stereocenters. The molecule has 0 radical (unpaired) electrons. The highest BCUT2D eigenvalue weighted by Crippen LogP contribution is 2.38. The van der Waals surface area contributed by atoms with Crippen LogP contribution < -0.4 is 5.73 Å². The van der Waals surface area contributed by atoms with Crippen molar-refractivity contribution in [1.29, 1.82) is 0 Å². The second-order valence-electron chi connectivity index (χ2n) is 5.22. The van der Waals surface area contributed by atoms with E-state index in [9.17, 15) is 8.78 Å². The zero-order chi connectivity index (χ0) is 13.7. The Balaban J connectivity index is 2.61.